The van der Waals surface area contributed by atoms with Crippen LogP contribution in [0.3, 0.4) is 0 Å². The van der Waals surface area contributed by atoms with Crippen LogP contribution < -0.4 is 4.90 Å². The van der Waals surface area contributed by atoms with E-state index in [0.717, 1.165) is 30.5 Å². The van der Waals surface area contributed by atoms with Gasteiger partial charge in [0.15, 0.2) is 0 Å². The number of hydrogen-bond acceptors (Lipinski definition) is 3. The molecule has 0 bridgehead atoms. The van der Waals surface area contributed by atoms with E-state index >= 15 is 0 Å². The zero-order valence-electron chi connectivity index (χ0n) is 16.2. The molecule has 1 saturated carbocycles. The van der Waals surface area contributed by atoms with Crippen LogP contribution in [0, 0.1) is 11.8 Å². The highest BCUT2D eigenvalue weighted by molar-refractivity contribution is 6.00. The van der Waals surface area contributed by atoms with Gasteiger partial charge in [0.05, 0.1) is 5.92 Å². The minimum absolute atomic E-state index is 0.00174. The van der Waals surface area contributed by atoms with E-state index in [2.05, 4.69) is 0 Å². The van der Waals surface area contributed by atoms with E-state index < -0.39 is 17.9 Å². The van der Waals surface area contributed by atoms with Gasteiger partial charge in [-0.3, -0.25) is 9.59 Å². The van der Waals surface area contributed by atoms with Crippen LogP contribution in [-0.2, 0) is 20.8 Å². The maximum Gasteiger partial charge on any atom is 0.326 e. The van der Waals surface area contributed by atoms with Crippen molar-refractivity contribution in [1.29, 1.82) is 0 Å². The molecule has 4 unspecified atom stereocenters. The first-order chi connectivity index (χ1) is 12.8. The van der Waals surface area contributed by atoms with Crippen molar-refractivity contribution in [3.05, 3.63) is 29.8 Å². The number of benzene rings is 1. The molecule has 1 fully saturated rings. The SMILES string of the molecule is CC(C(=O)O)N(C)C(=O)C1CCCCC1C(=O)N1c2ccccc2CC1C. The lowest BCUT2D eigenvalue weighted by Crippen LogP contribution is -2.50. The molecule has 2 aliphatic rings. The third kappa shape index (κ3) is 3.57. The summed E-state index contributed by atoms with van der Waals surface area (Å²) < 4.78 is 0. The second kappa shape index (κ2) is 7.71. The van der Waals surface area contributed by atoms with E-state index in [-0.39, 0.29) is 23.8 Å². The van der Waals surface area contributed by atoms with Gasteiger partial charge in [0.25, 0.3) is 0 Å². The number of amides is 2. The minimum Gasteiger partial charge on any atom is -0.480 e. The Morgan fingerprint density at radius 1 is 1.15 bits per heavy atom. The number of para-hydroxylation sites is 1. The van der Waals surface area contributed by atoms with Crippen molar-refractivity contribution in [2.24, 2.45) is 11.8 Å². The number of carboxylic acid groups (broad SMARTS) is 1. The maximum absolute atomic E-state index is 13.5. The summed E-state index contributed by atoms with van der Waals surface area (Å²) in [5.74, 6) is -2.10. The predicted octanol–water partition coefficient (Wildman–Crippen LogP) is 2.70. The molecule has 0 radical (unpaired) electrons. The highest BCUT2D eigenvalue weighted by Crippen LogP contribution is 2.38. The molecule has 0 aromatic heterocycles. The lowest BCUT2D eigenvalue weighted by Gasteiger charge is -2.36. The molecule has 0 spiro atoms. The highest BCUT2D eigenvalue weighted by Gasteiger charge is 2.43. The number of carbonyl (C=O) groups is 3. The van der Waals surface area contributed by atoms with Crippen molar-refractivity contribution in [2.45, 2.75) is 58.0 Å². The molecule has 0 saturated heterocycles. The molecule has 1 N–H and O–H groups in total. The van der Waals surface area contributed by atoms with Crippen molar-refractivity contribution >= 4 is 23.5 Å². The number of carboxylic acids is 1. The van der Waals surface area contributed by atoms with Crippen molar-refractivity contribution < 1.29 is 19.5 Å². The van der Waals surface area contributed by atoms with Crippen LogP contribution >= 0.6 is 0 Å². The molecule has 1 aromatic carbocycles. The average molecular weight is 372 g/mol. The molecule has 27 heavy (non-hydrogen) atoms. The Labute approximate surface area is 160 Å². The molecule has 146 valence electrons. The van der Waals surface area contributed by atoms with Gasteiger partial charge in [-0.25, -0.2) is 4.79 Å². The number of nitrogens with zero attached hydrogens (tertiary/aromatic N) is 2. The van der Waals surface area contributed by atoms with Crippen LogP contribution in [0.2, 0.25) is 0 Å². The summed E-state index contributed by atoms with van der Waals surface area (Å²) in [6.45, 7) is 3.54. The quantitative estimate of drug-likeness (QED) is 0.881. The molecular formula is C21H28N2O4. The molecule has 1 aliphatic carbocycles. The highest BCUT2D eigenvalue weighted by atomic mass is 16.4. The molecule has 6 nitrogen and oxygen atoms in total. The summed E-state index contributed by atoms with van der Waals surface area (Å²) in [6.07, 6.45) is 3.94. The largest absolute Gasteiger partial charge is 0.480 e. The maximum atomic E-state index is 13.5. The van der Waals surface area contributed by atoms with Crippen molar-refractivity contribution in [3.8, 4) is 0 Å². The Morgan fingerprint density at radius 2 is 1.78 bits per heavy atom. The zero-order chi connectivity index (χ0) is 19.7. The molecule has 2 amide bonds. The smallest absolute Gasteiger partial charge is 0.326 e. The number of rotatable bonds is 4. The van der Waals surface area contributed by atoms with Gasteiger partial charge >= 0.3 is 5.97 Å². The van der Waals surface area contributed by atoms with Crippen LogP contribution in [0.15, 0.2) is 24.3 Å². The summed E-state index contributed by atoms with van der Waals surface area (Å²) in [7, 11) is 1.52. The minimum atomic E-state index is -1.04. The first-order valence-electron chi connectivity index (χ1n) is 9.73. The third-order valence-electron chi connectivity index (χ3n) is 6.13. The topological polar surface area (TPSA) is 77.9 Å². The fourth-order valence-electron chi connectivity index (χ4n) is 4.42. The standard InChI is InChI=1S/C21H28N2O4/c1-13-12-15-8-4-7-11-18(15)23(13)20(25)17-10-6-5-9-16(17)19(24)22(3)14(2)21(26)27/h4,7-8,11,13-14,16-17H,5-6,9-10,12H2,1-3H3,(H,26,27). The number of anilines is 1. The summed E-state index contributed by atoms with van der Waals surface area (Å²) in [5, 5.41) is 9.22. The number of fused-ring (bicyclic) bond motifs is 1. The van der Waals surface area contributed by atoms with Gasteiger partial charge in [-0.15, -0.1) is 0 Å². The van der Waals surface area contributed by atoms with E-state index in [1.54, 1.807) is 0 Å². The summed E-state index contributed by atoms with van der Waals surface area (Å²) in [6, 6.07) is 7.10. The van der Waals surface area contributed by atoms with Crippen molar-refractivity contribution in [2.75, 3.05) is 11.9 Å². The monoisotopic (exact) mass is 372 g/mol. The van der Waals surface area contributed by atoms with E-state index in [4.69, 9.17) is 0 Å². The number of likely N-dealkylation sites (N-methyl/N-ethyl adjacent to an activating group) is 1. The van der Waals surface area contributed by atoms with Crippen LogP contribution in [-0.4, -0.2) is 46.9 Å². The molecular weight excluding hydrogens is 344 g/mol. The second-order valence-electron chi connectivity index (χ2n) is 7.85. The summed E-state index contributed by atoms with van der Waals surface area (Å²) in [5.41, 5.74) is 2.10. The number of carbonyl (C=O) groups excluding carboxylic acids is 2. The van der Waals surface area contributed by atoms with E-state index in [9.17, 15) is 19.5 Å². The molecule has 1 heterocycles. The number of hydrogen-bond donors (Lipinski definition) is 1. The molecule has 4 atom stereocenters. The van der Waals surface area contributed by atoms with Crippen molar-refractivity contribution in [1.82, 2.24) is 4.90 Å². The van der Waals surface area contributed by atoms with E-state index in [0.29, 0.717) is 12.8 Å². The van der Waals surface area contributed by atoms with Gasteiger partial charge in [-0.05, 0) is 44.7 Å². The second-order valence-corrected chi connectivity index (χ2v) is 7.85. The van der Waals surface area contributed by atoms with E-state index in [1.807, 2.05) is 36.1 Å². The first kappa shape index (κ1) is 19.4. The average Bonchev–Trinajstić information content (AvgIpc) is 3.01. The Bertz CT molecular complexity index is 747. The van der Waals surface area contributed by atoms with Crippen LogP contribution in [0.4, 0.5) is 5.69 Å². The summed E-state index contributed by atoms with van der Waals surface area (Å²) in [4.78, 5) is 40.8. The Kier molecular flexibility index (Phi) is 5.53. The lowest BCUT2D eigenvalue weighted by molar-refractivity contribution is -0.152. The van der Waals surface area contributed by atoms with Gasteiger partial charge in [0.2, 0.25) is 11.8 Å². The van der Waals surface area contributed by atoms with E-state index in [1.165, 1.54) is 18.9 Å². The van der Waals surface area contributed by atoms with Gasteiger partial charge in [-0.2, -0.15) is 0 Å². The van der Waals surface area contributed by atoms with Crippen LogP contribution in [0.1, 0.15) is 45.1 Å². The lowest BCUT2D eigenvalue weighted by atomic mass is 9.77. The van der Waals surface area contributed by atoms with Gasteiger partial charge in [-0.1, -0.05) is 31.0 Å². The Hall–Kier alpha value is -2.37. The Morgan fingerprint density at radius 3 is 2.44 bits per heavy atom. The molecule has 3 rings (SSSR count). The zero-order valence-corrected chi connectivity index (χ0v) is 16.2. The predicted molar refractivity (Wildman–Crippen MR) is 102 cm³/mol. The number of aliphatic carboxylic acids is 1. The Balaban J connectivity index is 1.84. The normalized spacial score (nSPS) is 25.6. The third-order valence-corrected chi connectivity index (χ3v) is 6.13. The molecule has 1 aliphatic heterocycles. The van der Waals surface area contributed by atoms with Crippen LogP contribution in [0.5, 0.6) is 0 Å². The van der Waals surface area contributed by atoms with Gasteiger partial charge < -0.3 is 14.9 Å². The van der Waals surface area contributed by atoms with Gasteiger partial charge in [0.1, 0.15) is 6.04 Å². The molecule has 1 aromatic rings. The fourth-order valence-corrected chi connectivity index (χ4v) is 4.42. The van der Waals surface area contributed by atoms with Crippen LogP contribution in [0.25, 0.3) is 0 Å². The molecule has 6 heteroatoms. The fraction of sp³-hybridized carbons (Fsp3) is 0.571. The summed E-state index contributed by atoms with van der Waals surface area (Å²) >= 11 is 0. The van der Waals surface area contributed by atoms with Crippen molar-refractivity contribution in [3.63, 3.8) is 0 Å². The first-order valence-corrected chi connectivity index (χ1v) is 9.73. The van der Waals surface area contributed by atoms with Gasteiger partial charge in [0, 0.05) is 24.7 Å².